The van der Waals surface area contributed by atoms with Crippen LogP contribution in [0.25, 0.3) is 0 Å². The number of nitrogens with two attached hydrogens (primary N) is 1. The number of hydrogen-bond donors (Lipinski definition) is 4. The maximum atomic E-state index is 11.2. The summed E-state index contributed by atoms with van der Waals surface area (Å²) in [5.41, 5.74) is 4.80. The molecule has 8 nitrogen and oxygen atoms in total. The van der Waals surface area contributed by atoms with Crippen LogP contribution in [0.4, 0.5) is 5.82 Å². The fraction of sp³-hybridized carbons (Fsp3) is 0.500. The monoisotopic (exact) mass is 254 g/mol. The van der Waals surface area contributed by atoms with Crippen molar-refractivity contribution in [3.63, 3.8) is 0 Å². The van der Waals surface area contributed by atoms with Gasteiger partial charge in [0, 0.05) is 26.3 Å². The molecule has 1 aromatic rings. The van der Waals surface area contributed by atoms with Gasteiger partial charge in [0.15, 0.2) is 5.96 Å². The molecule has 1 rings (SSSR count). The smallest absolute Gasteiger partial charge is 0.349 e. The molecule has 0 atom stereocenters. The second kappa shape index (κ2) is 7.28. The SMILES string of the molecule is Cn1ccc(NCCOCCNC(=N)N)nc1=O. The van der Waals surface area contributed by atoms with E-state index in [4.69, 9.17) is 15.9 Å². The third-order valence-electron chi connectivity index (χ3n) is 2.09. The molecule has 8 heteroatoms. The van der Waals surface area contributed by atoms with Crippen LogP contribution in [0.5, 0.6) is 0 Å². The minimum atomic E-state index is -0.299. The van der Waals surface area contributed by atoms with Crippen molar-refractivity contribution in [3.8, 4) is 0 Å². The number of anilines is 1. The van der Waals surface area contributed by atoms with E-state index in [1.165, 1.54) is 4.57 Å². The predicted molar refractivity (Wildman–Crippen MR) is 68.7 cm³/mol. The van der Waals surface area contributed by atoms with Crippen molar-refractivity contribution in [2.24, 2.45) is 12.8 Å². The first kappa shape index (κ1) is 14.0. The first-order valence-electron chi connectivity index (χ1n) is 5.53. The molecule has 0 saturated heterocycles. The number of rotatable bonds is 7. The van der Waals surface area contributed by atoms with Crippen molar-refractivity contribution in [1.82, 2.24) is 14.9 Å². The zero-order valence-corrected chi connectivity index (χ0v) is 10.3. The highest BCUT2D eigenvalue weighted by atomic mass is 16.5. The Hall–Kier alpha value is -2.09. The van der Waals surface area contributed by atoms with E-state index in [1.54, 1.807) is 19.3 Å². The lowest BCUT2D eigenvalue weighted by Crippen LogP contribution is -2.33. The van der Waals surface area contributed by atoms with Crippen molar-refractivity contribution in [2.45, 2.75) is 0 Å². The topological polar surface area (TPSA) is 118 Å². The molecular formula is C10H18N6O2. The molecule has 0 saturated carbocycles. The number of nitrogens with zero attached hydrogens (tertiary/aromatic N) is 2. The number of nitrogens with one attached hydrogen (secondary N) is 3. The van der Waals surface area contributed by atoms with Gasteiger partial charge in [0.2, 0.25) is 0 Å². The van der Waals surface area contributed by atoms with Crippen molar-refractivity contribution in [2.75, 3.05) is 31.6 Å². The fourth-order valence-electron chi connectivity index (χ4n) is 1.17. The quantitative estimate of drug-likeness (QED) is 0.273. The Morgan fingerprint density at radius 2 is 2.28 bits per heavy atom. The van der Waals surface area contributed by atoms with Gasteiger partial charge in [0.25, 0.3) is 0 Å². The van der Waals surface area contributed by atoms with Crippen LogP contribution in [-0.4, -0.2) is 41.8 Å². The van der Waals surface area contributed by atoms with E-state index >= 15 is 0 Å². The highest BCUT2D eigenvalue weighted by Crippen LogP contribution is 1.95. The van der Waals surface area contributed by atoms with Gasteiger partial charge in [-0.2, -0.15) is 4.98 Å². The van der Waals surface area contributed by atoms with E-state index in [1.807, 2.05) is 0 Å². The molecule has 1 aromatic heterocycles. The van der Waals surface area contributed by atoms with Crippen LogP contribution in [0.1, 0.15) is 0 Å². The van der Waals surface area contributed by atoms with E-state index < -0.39 is 0 Å². The molecule has 0 aromatic carbocycles. The minimum absolute atomic E-state index is 0.0685. The average Bonchev–Trinajstić information content (AvgIpc) is 2.32. The minimum Gasteiger partial charge on any atom is -0.378 e. The van der Waals surface area contributed by atoms with Gasteiger partial charge in [-0.25, -0.2) is 4.79 Å². The van der Waals surface area contributed by atoms with E-state index in [9.17, 15) is 4.79 Å². The van der Waals surface area contributed by atoms with Gasteiger partial charge >= 0.3 is 5.69 Å². The zero-order valence-electron chi connectivity index (χ0n) is 10.3. The summed E-state index contributed by atoms with van der Waals surface area (Å²) in [4.78, 5) is 15.0. The Kier molecular flexibility index (Phi) is 5.65. The van der Waals surface area contributed by atoms with Gasteiger partial charge < -0.3 is 25.7 Å². The largest absolute Gasteiger partial charge is 0.378 e. The van der Waals surface area contributed by atoms with Crippen molar-refractivity contribution >= 4 is 11.8 Å². The van der Waals surface area contributed by atoms with Crippen LogP contribution in [0.3, 0.4) is 0 Å². The molecule has 0 spiro atoms. The molecule has 0 aliphatic rings. The van der Waals surface area contributed by atoms with Gasteiger partial charge in [-0.15, -0.1) is 0 Å². The van der Waals surface area contributed by atoms with Crippen LogP contribution in [0, 0.1) is 5.41 Å². The van der Waals surface area contributed by atoms with Gasteiger partial charge in [-0.3, -0.25) is 5.41 Å². The number of guanidine groups is 1. The van der Waals surface area contributed by atoms with Crippen molar-refractivity contribution < 1.29 is 4.74 Å². The van der Waals surface area contributed by atoms with Gasteiger partial charge in [0.05, 0.1) is 13.2 Å². The summed E-state index contributed by atoms with van der Waals surface area (Å²) in [5, 5.41) is 12.5. The summed E-state index contributed by atoms with van der Waals surface area (Å²) >= 11 is 0. The predicted octanol–water partition coefficient (Wildman–Crippen LogP) is -1.31. The Morgan fingerprint density at radius 1 is 1.56 bits per heavy atom. The van der Waals surface area contributed by atoms with Gasteiger partial charge in [-0.05, 0) is 6.07 Å². The van der Waals surface area contributed by atoms with Crippen molar-refractivity contribution in [1.29, 1.82) is 5.41 Å². The summed E-state index contributed by atoms with van der Waals surface area (Å²) in [7, 11) is 1.64. The van der Waals surface area contributed by atoms with Crippen LogP contribution < -0.4 is 22.1 Å². The van der Waals surface area contributed by atoms with E-state index in [0.717, 1.165) is 0 Å². The lowest BCUT2D eigenvalue weighted by Gasteiger charge is -2.07. The molecule has 0 aliphatic carbocycles. The molecule has 0 fully saturated rings. The third-order valence-corrected chi connectivity index (χ3v) is 2.09. The molecule has 0 amide bonds. The molecule has 0 radical (unpaired) electrons. The maximum absolute atomic E-state index is 11.2. The molecule has 100 valence electrons. The standard InChI is InChI=1S/C10H18N6O2/c1-16-5-2-8(15-10(16)17)13-3-6-18-7-4-14-9(11)12/h2,5H,3-4,6-7H2,1H3,(H4,11,12,14)(H,13,15,17). The van der Waals surface area contributed by atoms with Crippen LogP contribution in [-0.2, 0) is 11.8 Å². The van der Waals surface area contributed by atoms with E-state index in [-0.39, 0.29) is 11.6 Å². The van der Waals surface area contributed by atoms with Gasteiger partial charge in [0.1, 0.15) is 5.82 Å². The van der Waals surface area contributed by atoms with Gasteiger partial charge in [-0.1, -0.05) is 0 Å². The number of aryl methyl sites for hydroxylation is 1. The molecule has 0 bridgehead atoms. The first-order valence-corrected chi connectivity index (χ1v) is 5.53. The number of ether oxygens (including phenoxy) is 1. The molecule has 5 N–H and O–H groups in total. The maximum Gasteiger partial charge on any atom is 0.349 e. The number of aromatic nitrogens is 2. The molecular weight excluding hydrogens is 236 g/mol. The highest BCUT2D eigenvalue weighted by Gasteiger charge is 1.96. The van der Waals surface area contributed by atoms with Crippen LogP contribution in [0.15, 0.2) is 17.1 Å². The molecule has 0 unspecified atom stereocenters. The lowest BCUT2D eigenvalue weighted by atomic mass is 10.5. The average molecular weight is 254 g/mol. The molecule has 1 heterocycles. The lowest BCUT2D eigenvalue weighted by molar-refractivity contribution is 0.149. The highest BCUT2D eigenvalue weighted by molar-refractivity contribution is 5.74. The summed E-state index contributed by atoms with van der Waals surface area (Å²) in [6, 6.07) is 1.72. The van der Waals surface area contributed by atoms with Crippen LogP contribution in [0.2, 0.25) is 0 Å². The van der Waals surface area contributed by atoms with E-state index in [2.05, 4.69) is 15.6 Å². The Labute approximate surface area is 105 Å². The first-order chi connectivity index (χ1) is 8.59. The van der Waals surface area contributed by atoms with E-state index in [0.29, 0.717) is 32.1 Å². The van der Waals surface area contributed by atoms with Crippen molar-refractivity contribution in [3.05, 3.63) is 22.7 Å². The Bertz CT molecular complexity index is 444. The molecule has 18 heavy (non-hydrogen) atoms. The molecule has 0 aliphatic heterocycles. The fourth-order valence-corrected chi connectivity index (χ4v) is 1.17. The zero-order chi connectivity index (χ0) is 13.4. The number of hydrogen-bond acceptors (Lipinski definition) is 5. The summed E-state index contributed by atoms with van der Waals surface area (Å²) in [5.74, 6) is 0.463. The summed E-state index contributed by atoms with van der Waals surface area (Å²) in [6.07, 6.45) is 1.65. The third kappa shape index (κ3) is 5.30. The Balaban J connectivity index is 2.12. The Morgan fingerprint density at radius 3 is 2.94 bits per heavy atom. The normalized spacial score (nSPS) is 10.1. The second-order valence-electron chi connectivity index (χ2n) is 3.59. The summed E-state index contributed by atoms with van der Waals surface area (Å²) < 4.78 is 6.67. The second-order valence-corrected chi connectivity index (χ2v) is 3.59. The summed E-state index contributed by atoms with van der Waals surface area (Å²) in [6.45, 7) is 2.00. The van der Waals surface area contributed by atoms with Crippen LogP contribution >= 0.6 is 0 Å².